The lowest BCUT2D eigenvalue weighted by Gasteiger charge is -2.33. The molecule has 2 aliphatic carbocycles. The van der Waals surface area contributed by atoms with Crippen LogP contribution in [0, 0.1) is 0 Å². The number of anilines is 6. The minimum Gasteiger partial charge on any atom is -0.310 e. The van der Waals surface area contributed by atoms with Crippen LogP contribution in [0.15, 0.2) is 243 Å². The van der Waals surface area contributed by atoms with Gasteiger partial charge in [0.15, 0.2) is 0 Å². The van der Waals surface area contributed by atoms with Gasteiger partial charge in [-0.1, -0.05) is 182 Å². The van der Waals surface area contributed by atoms with E-state index in [2.05, 4.69) is 252 Å². The van der Waals surface area contributed by atoms with Crippen molar-refractivity contribution < 1.29 is 0 Å². The summed E-state index contributed by atoms with van der Waals surface area (Å²) in [6.07, 6.45) is 0. The molecule has 0 N–H and O–H groups in total. The van der Waals surface area contributed by atoms with Crippen LogP contribution in [-0.2, 0) is 5.41 Å². The Bertz CT molecular complexity index is 3210. The zero-order chi connectivity index (χ0) is 40.3. The highest BCUT2D eigenvalue weighted by molar-refractivity contribution is 6.11. The summed E-state index contributed by atoms with van der Waals surface area (Å²) in [5, 5.41) is 2.46. The second-order valence-corrected chi connectivity index (χ2v) is 16.0. The van der Waals surface area contributed by atoms with Crippen molar-refractivity contribution in [1.82, 2.24) is 0 Å². The molecule has 0 heterocycles. The molecule has 10 aromatic rings. The molecular formula is C59H40N2. The Balaban J connectivity index is 1.16. The molecule has 286 valence electrons. The maximum absolute atomic E-state index is 2.48. The molecule has 0 saturated heterocycles. The smallest absolute Gasteiger partial charge is 0.0732 e. The monoisotopic (exact) mass is 776 g/mol. The standard InChI is InChI=1S/C59H40N2/c1-5-21-41(22-6-1)42-23-19-30-46(39-42)61(45-28-11-4-12-29-45)56-40-51-47-31-15-17-35-52(47)59(58(51)49-33-14-13-32-48(49)56)53-36-18-16-34-50(53)57-54(59)37-20-38-55(57)60(43-24-7-2-8-25-43)44-26-9-3-10-27-44/h1-40H. The Hall–Kier alpha value is -7.94. The molecule has 2 aliphatic rings. The fraction of sp³-hybridized carbons (Fsp3) is 0.0169. The van der Waals surface area contributed by atoms with Gasteiger partial charge in [-0.05, 0) is 116 Å². The van der Waals surface area contributed by atoms with E-state index in [-0.39, 0.29) is 0 Å². The van der Waals surface area contributed by atoms with Gasteiger partial charge >= 0.3 is 0 Å². The summed E-state index contributed by atoms with van der Waals surface area (Å²) in [5.41, 5.74) is 19.0. The first-order valence-electron chi connectivity index (χ1n) is 21.1. The molecule has 61 heavy (non-hydrogen) atoms. The van der Waals surface area contributed by atoms with Crippen molar-refractivity contribution in [3.8, 4) is 33.4 Å². The normalized spacial score (nSPS) is 14.3. The molecule has 1 unspecified atom stereocenters. The molecule has 2 nitrogen and oxygen atoms in total. The van der Waals surface area contributed by atoms with Crippen LogP contribution in [0.2, 0.25) is 0 Å². The molecular weight excluding hydrogens is 737 g/mol. The molecule has 1 atom stereocenters. The summed E-state index contributed by atoms with van der Waals surface area (Å²) >= 11 is 0. The Morgan fingerprint density at radius 2 is 0.738 bits per heavy atom. The van der Waals surface area contributed by atoms with Gasteiger partial charge < -0.3 is 9.80 Å². The number of nitrogens with zero attached hydrogens (tertiary/aromatic N) is 2. The molecule has 0 radical (unpaired) electrons. The fourth-order valence-electron chi connectivity index (χ4n) is 10.4. The molecule has 12 rings (SSSR count). The summed E-state index contributed by atoms with van der Waals surface area (Å²) in [6, 6.07) is 88.9. The van der Waals surface area contributed by atoms with E-state index in [0.29, 0.717) is 0 Å². The first-order valence-corrected chi connectivity index (χ1v) is 21.1. The molecule has 0 amide bonds. The average molecular weight is 777 g/mol. The van der Waals surface area contributed by atoms with E-state index in [4.69, 9.17) is 0 Å². The Morgan fingerprint density at radius 1 is 0.279 bits per heavy atom. The molecule has 10 aromatic carbocycles. The number of para-hydroxylation sites is 3. The lowest BCUT2D eigenvalue weighted by molar-refractivity contribution is 0.801. The fourth-order valence-corrected chi connectivity index (χ4v) is 10.4. The van der Waals surface area contributed by atoms with E-state index in [1.165, 1.54) is 72.1 Å². The van der Waals surface area contributed by atoms with Gasteiger partial charge in [-0.25, -0.2) is 0 Å². The molecule has 0 aromatic heterocycles. The van der Waals surface area contributed by atoms with Gasteiger partial charge in [0.05, 0.1) is 16.8 Å². The zero-order valence-electron chi connectivity index (χ0n) is 33.5. The molecule has 0 bridgehead atoms. The van der Waals surface area contributed by atoms with Crippen LogP contribution in [-0.4, -0.2) is 0 Å². The summed E-state index contributed by atoms with van der Waals surface area (Å²) < 4.78 is 0. The highest BCUT2D eigenvalue weighted by atomic mass is 15.2. The lowest BCUT2D eigenvalue weighted by Crippen LogP contribution is -2.26. The van der Waals surface area contributed by atoms with Gasteiger partial charge in [-0.15, -0.1) is 0 Å². The lowest BCUT2D eigenvalue weighted by atomic mass is 9.69. The van der Waals surface area contributed by atoms with Gasteiger partial charge in [-0.2, -0.15) is 0 Å². The first-order chi connectivity index (χ1) is 30.3. The quantitative estimate of drug-likeness (QED) is 0.159. The average Bonchev–Trinajstić information content (AvgIpc) is 3.81. The van der Waals surface area contributed by atoms with Crippen LogP contribution in [0.5, 0.6) is 0 Å². The van der Waals surface area contributed by atoms with Crippen LogP contribution in [0.3, 0.4) is 0 Å². The highest BCUT2D eigenvalue weighted by Gasteiger charge is 2.53. The van der Waals surface area contributed by atoms with E-state index in [0.717, 1.165) is 28.4 Å². The SMILES string of the molecule is c1ccc(-c2cccc(N(c3ccccc3)c3cc4c(c5ccccc35)C3(c5ccccc5-4)c4ccccc4-c4c(N(c5ccccc5)c5ccccc5)cccc43)c2)cc1. The predicted octanol–water partition coefficient (Wildman–Crippen LogP) is 15.8. The van der Waals surface area contributed by atoms with E-state index in [9.17, 15) is 0 Å². The summed E-state index contributed by atoms with van der Waals surface area (Å²) in [6.45, 7) is 0. The van der Waals surface area contributed by atoms with Crippen LogP contribution < -0.4 is 9.80 Å². The Labute approximate surface area is 356 Å². The van der Waals surface area contributed by atoms with Gasteiger partial charge in [0.1, 0.15) is 0 Å². The number of hydrogen-bond acceptors (Lipinski definition) is 2. The van der Waals surface area contributed by atoms with E-state index < -0.39 is 5.41 Å². The van der Waals surface area contributed by atoms with E-state index >= 15 is 0 Å². The zero-order valence-corrected chi connectivity index (χ0v) is 33.5. The molecule has 0 saturated carbocycles. The predicted molar refractivity (Wildman–Crippen MR) is 255 cm³/mol. The maximum Gasteiger partial charge on any atom is 0.0732 e. The minimum atomic E-state index is -0.560. The molecule has 1 spiro atoms. The van der Waals surface area contributed by atoms with E-state index in [1.54, 1.807) is 0 Å². The minimum absolute atomic E-state index is 0.560. The maximum atomic E-state index is 2.48. The number of benzene rings is 10. The van der Waals surface area contributed by atoms with Crippen LogP contribution in [0.4, 0.5) is 34.1 Å². The third-order valence-corrected chi connectivity index (χ3v) is 12.8. The number of hydrogen-bond donors (Lipinski definition) is 0. The summed E-state index contributed by atoms with van der Waals surface area (Å²) in [4.78, 5) is 4.88. The number of fused-ring (bicyclic) bond motifs is 12. The van der Waals surface area contributed by atoms with Gasteiger partial charge in [0.2, 0.25) is 0 Å². The third-order valence-electron chi connectivity index (χ3n) is 12.8. The first kappa shape index (κ1) is 35.0. The van der Waals surface area contributed by atoms with Crippen molar-refractivity contribution in [1.29, 1.82) is 0 Å². The largest absolute Gasteiger partial charge is 0.310 e. The highest BCUT2D eigenvalue weighted by Crippen LogP contribution is 2.66. The number of rotatable bonds is 7. The Kier molecular flexibility index (Phi) is 8.11. The van der Waals surface area contributed by atoms with Crippen molar-refractivity contribution in [3.63, 3.8) is 0 Å². The van der Waals surface area contributed by atoms with Crippen molar-refractivity contribution in [2.45, 2.75) is 5.41 Å². The van der Waals surface area contributed by atoms with Crippen molar-refractivity contribution in [2.75, 3.05) is 9.80 Å². The van der Waals surface area contributed by atoms with Gasteiger partial charge in [0.25, 0.3) is 0 Å². The molecule has 2 heteroatoms. The van der Waals surface area contributed by atoms with Crippen LogP contribution >= 0.6 is 0 Å². The van der Waals surface area contributed by atoms with E-state index in [1.807, 2.05) is 0 Å². The van der Waals surface area contributed by atoms with Crippen LogP contribution in [0.25, 0.3) is 44.2 Å². The summed E-state index contributed by atoms with van der Waals surface area (Å²) in [7, 11) is 0. The Morgan fingerprint density at radius 3 is 1.39 bits per heavy atom. The topological polar surface area (TPSA) is 6.48 Å². The second-order valence-electron chi connectivity index (χ2n) is 16.0. The molecule has 0 fully saturated rings. The second kappa shape index (κ2) is 14.1. The third kappa shape index (κ3) is 5.29. The summed E-state index contributed by atoms with van der Waals surface area (Å²) in [5.74, 6) is 0. The van der Waals surface area contributed by atoms with Crippen molar-refractivity contribution >= 4 is 44.9 Å². The van der Waals surface area contributed by atoms with Gasteiger partial charge in [0, 0.05) is 33.7 Å². The van der Waals surface area contributed by atoms with Gasteiger partial charge in [-0.3, -0.25) is 0 Å². The molecule has 0 aliphatic heterocycles. The van der Waals surface area contributed by atoms with Crippen molar-refractivity contribution in [3.05, 3.63) is 265 Å². The van der Waals surface area contributed by atoms with Crippen molar-refractivity contribution in [2.24, 2.45) is 0 Å². The van der Waals surface area contributed by atoms with Crippen LogP contribution in [0.1, 0.15) is 22.3 Å².